The second-order valence-corrected chi connectivity index (χ2v) is 9.76. The molecule has 34 heavy (non-hydrogen) atoms. The van der Waals surface area contributed by atoms with E-state index < -0.39 is 0 Å². The van der Waals surface area contributed by atoms with Crippen molar-refractivity contribution in [2.75, 3.05) is 34.3 Å². The molecule has 180 valence electrons. The number of H-pyrrole nitrogens is 1. The molecule has 3 heterocycles. The number of ether oxygens (including phenoxy) is 1. The fourth-order valence-electron chi connectivity index (χ4n) is 5.81. The lowest BCUT2D eigenvalue weighted by molar-refractivity contribution is -0.152. The van der Waals surface area contributed by atoms with Gasteiger partial charge < -0.3 is 19.9 Å². The predicted octanol–water partition coefficient (Wildman–Crippen LogP) is 3.80. The van der Waals surface area contributed by atoms with Crippen LogP contribution in [0, 0.1) is 5.82 Å². The predicted molar refractivity (Wildman–Crippen MR) is 131 cm³/mol. The van der Waals surface area contributed by atoms with Crippen LogP contribution in [-0.4, -0.2) is 67.1 Å². The first kappa shape index (κ1) is 23.0. The molecule has 7 heteroatoms. The van der Waals surface area contributed by atoms with Crippen molar-refractivity contribution in [3.05, 3.63) is 71.2 Å². The Kier molecular flexibility index (Phi) is 6.42. The van der Waals surface area contributed by atoms with Crippen molar-refractivity contribution in [1.82, 2.24) is 20.1 Å². The zero-order valence-corrected chi connectivity index (χ0v) is 20.1. The van der Waals surface area contributed by atoms with Crippen molar-refractivity contribution in [3.8, 4) is 0 Å². The number of rotatable bonds is 6. The van der Waals surface area contributed by atoms with Crippen LogP contribution in [0.4, 0.5) is 4.39 Å². The fourth-order valence-corrected chi connectivity index (χ4v) is 5.81. The Labute approximate surface area is 200 Å². The summed E-state index contributed by atoms with van der Waals surface area (Å²) in [6, 6.07) is 14.9. The maximum atomic E-state index is 13.8. The number of benzene rings is 2. The molecular weight excluding hydrogens is 431 g/mol. The molecule has 5 rings (SSSR count). The average molecular weight is 465 g/mol. The summed E-state index contributed by atoms with van der Waals surface area (Å²) in [6.07, 6.45) is 2.33. The van der Waals surface area contributed by atoms with Gasteiger partial charge in [-0.15, -0.1) is 0 Å². The van der Waals surface area contributed by atoms with Crippen molar-refractivity contribution in [1.29, 1.82) is 0 Å². The van der Waals surface area contributed by atoms with Crippen LogP contribution in [0.25, 0.3) is 10.9 Å². The van der Waals surface area contributed by atoms with Gasteiger partial charge in [-0.05, 0) is 56.3 Å². The number of nitrogens with zero attached hydrogens (tertiary/aromatic N) is 2. The fraction of sp³-hybridized carbons (Fsp3) is 0.444. The Morgan fingerprint density at radius 3 is 2.62 bits per heavy atom. The summed E-state index contributed by atoms with van der Waals surface area (Å²) in [6.45, 7) is 1.84. The number of carbonyl (C=O) groups excluding carboxylic acids is 1. The maximum absolute atomic E-state index is 13.8. The summed E-state index contributed by atoms with van der Waals surface area (Å²) in [4.78, 5) is 21.3. The highest BCUT2D eigenvalue weighted by molar-refractivity contribution is 5.87. The standard InChI is InChI=1S/C27H33FN4O2/c1-31(2)13-12-29-19-14-23(17-8-10-18(28)11-9-17)32-24(15-19)26-21(16-25(32)27(33)34-3)20-6-4-5-7-22(20)30-26/h4-11,19,23-25,29-30H,12-16H2,1-3H3/t19-,23+,24-,25+/m1/s1. The van der Waals surface area contributed by atoms with E-state index in [2.05, 4.69) is 46.3 Å². The Hall–Kier alpha value is -2.74. The summed E-state index contributed by atoms with van der Waals surface area (Å²) in [7, 11) is 5.61. The molecule has 0 aliphatic carbocycles. The summed E-state index contributed by atoms with van der Waals surface area (Å²) in [5.41, 5.74) is 4.52. The summed E-state index contributed by atoms with van der Waals surface area (Å²) in [5, 5.41) is 4.92. The molecule has 4 atom stereocenters. The van der Waals surface area contributed by atoms with Gasteiger partial charge in [0, 0.05) is 48.2 Å². The lowest BCUT2D eigenvalue weighted by Gasteiger charge is -2.50. The second-order valence-electron chi connectivity index (χ2n) is 9.76. The quantitative estimate of drug-likeness (QED) is 0.544. The van der Waals surface area contributed by atoms with E-state index in [1.165, 1.54) is 35.9 Å². The zero-order valence-electron chi connectivity index (χ0n) is 20.1. The summed E-state index contributed by atoms with van der Waals surface area (Å²) >= 11 is 0. The molecule has 2 N–H and O–H groups in total. The largest absolute Gasteiger partial charge is 0.468 e. The SMILES string of the molecule is COC(=O)[C@@H]1Cc2c([nH]c3ccccc23)[C@H]2C[C@H](NCCN(C)C)C[C@@H](c3ccc(F)cc3)N21. The number of fused-ring (bicyclic) bond motifs is 5. The number of hydrogen-bond donors (Lipinski definition) is 2. The molecule has 0 radical (unpaired) electrons. The van der Waals surface area contributed by atoms with E-state index in [-0.39, 0.29) is 36.0 Å². The Balaban J connectivity index is 1.59. The first-order valence-electron chi connectivity index (χ1n) is 12.0. The van der Waals surface area contributed by atoms with Gasteiger partial charge in [-0.2, -0.15) is 0 Å². The van der Waals surface area contributed by atoms with E-state index in [4.69, 9.17) is 4.74 Å². The highest BCUT2D eigenvalue weighted by Gasteiger charge is 2.48. The van der Waals surface area contributed by atoms with E-state index in [0.717, 1.165) is 37.0 Å². The topological polar surface area (TPSA) is 60.6 Å². The van der Waals surface area contributed by atoms with Crippen LogP contribution in [0.1, 0.15) is 41.7 Å². The summed E-state index contributed by atoms with van der Waals surface area (Å²) in [5.74, 6) is -0.468. The van der Waals surface area contributed by atoms with Gasteiger partial charge >= 0.3 is 5.97 Å². The lowest BCUT2D eigenvalue weighted by Crippen LogP contribution is -2.56. The van der Waals surface area contributed by atoms with Gasteiger partial charge in [0.1, 0.15) is 11.9 Å². The highest BCUT2D eigenvalue weighted by Crippen LogP contribution is 2.48. The van der Waals surface area contributed by atoms with Gasteiger partial charge in [0.05, 0.1) is 13.2 Å². The molecule has 0 bridgehead atoms. The number of piperidine rings is 1. The van der Waals surface area contributed by atoms with Crippen molar-refractivity contribution >= 4 is 16.9 Å². The minimum absolute atomic E-state index is 0.0279. The Morgan fingerprint density at radius 1 is 1.15 bits per heavy atom. The van der Waals surface area contributed by atoms with E-state index in [1.54, 1.807) is 0 Å². The molecule has 1 fully saturated rings. The van der Waals surface area contributed by atoms with E-state index in [0.29, 0.717) is 6.42 Å². The van der Waals surface area contributed by atoms with Crippen LogP contribution >= 0.6 is 0 Å². The number of halogens is 1. The minimum atomic E-state index is -0.389. The van der Waals surface area contributed by atoms with Gasteiger partial charge in [-0.25, -0.2) is 4.39 Å². The smallest absolute Gasteiger partial charge is 0.323 e. The van der Waals surface area contributed by atoms with Crippen LogP contribution in [0.15, 0.2) is 48.5 Å². The van der Waals surface area contributed by atoms with Gasteiger partial charge in [0.15, 0.2) is 0 Å². The van der Waals surface area contributed by atoms with Crippen molar-refractivity contribution in [2.45, 2.75) is 43.4 Å². The molecule has 1 saturated heterocycles. The number of methoxy groups -OCH3 is 1. The normalized spacial score (nSPS) is 24.7. The monoisotopic (exact) mass is 464 g/mol. The molecule has 0 saturated carbocycles. The zero-order chi connectivity index (χ0) is 23.8. The second kappa shape index (κ2) is 9.49. The molecule has 0 spiro atoms. The number of para-hydroxylation sites is 1. The molecule has 0 amide bonds. The van der Waals surface area contributed by atoms with Crippen molar-refractivity contribution in [3.63, 3.8) is 0 Å². The first-order chi connectivity index (χ1) is 16.5. The number of aromatic amines is 1. The van der Waals surface area contributed by atoms with Gasteiger partial charge in [-0.3, -0.25) is 9.69 Å². The highest BCUT2D eigenvalue weighted by atomic mass is 19.1. The van der Waals surface area contributed by atoms with E-state index >= 15 is 0 Å². The molecular formula is C27H33FN4O2. The molecule has 2 aliphatic heterocycles. The van der Waals surface area contributed by atoms with Crippen molar-refractivity contribution in [2.24, 2.45) is 0 Å². The third kappa shape index (κ3) is 4.24. The lowest BCUT2D eigenvalue weighted by atomic mass is 9.79. The van der Waals surface area contributed by atoms with Crippen molar-refractivity contribution < 1.29 is 13.9 Å². The number of esters is 1. The molecule has 0 unspecified atom stereocenters. The number of hydrogen-bond acceptors (Lipinski definition) is 5. The average Bonchev–Trinajstić information content (AvgIpc) is 3.22. The van der Waals surface area contributed by atoms with Crippen LogP contribution < -0.4 is 5.32 Å². The summed E-state index contributed by atoms with van der Waals surface area (Å²) < 4.78 is 19.1. The molecule has 2 aromatic carbocycles. The van der Waals surface area contributed by atoms with Crippen LogP contribution in [0.2, 0.25) is 0 Å². The molecule has 2 aliphatic rings. The number of likely N-dealkylation sites (N-methyl/N-ethyl adjacent to an activating group) is 1. The van der Waals surface area contributed by atoms with Crippen LogP contribution in [0.3, 0.4) is 0 Å². The third-order valence-electron chi connectivity index (χ3n) is 7.39. The Morgan fingerprint density at radius 2 is 1.88 bits per heavy atom. The molecule has 3 aromatic rings. The van der Waals surface area contributed by atoms with Gasteiger partial charge in [0.2, 0.25) is 0 Å². The third-order valence-corrected chi connectivity index (χ3v) is 7.39. The maximum Gasteiger partial charge on any atom is 0.323 e. The Bertz CT molecular complexity index is 1160. The van der Waals surface area contributed by atoms with Gasteiger partial charge in [-0.1, -0.05) is 30.3 Å². The number of nitrogens with one attached hydrogen (secondary N) is 2. The first-order valence-corrected chi connectivity index (χ1v) is 12.0. The number of carbonyl (C=O) groups is 1. The van der Waals surface area contributed by atoms with E-state index in [9.17, 15) is 9.18 Å². The molecule has 6 nitrogen and oxygen atoms in total. The van der Waals surface area contributed by atoms with Crippen LogP contribution in [-0.2, 0) is 16.0 Å². The van der Waals surface area contributed by atoms with E-state index in [1.807, 2.05) is 24.3 Å². The molecule has 1 aromatic heterocycles. The minimum Gasteiger partial charge on any atom is -0.468 e. The van der Waals surface area contributed by atoms with Gasteiger partial charge in [0.25, 0.3) is 0 Å². The number of aromatic nitrogens is 1. The van der Waals surface area contributed by atoms with Crippen LogP contribution in [0.5, 0.6) is 0 Å².